The van der Waals surface area contributed by atoms with Crippen molar-refractivity contribution < 1.29 is 14.0 Å². The largest absolute Gasteiger partial charge is 0.354 e. The normalized spacial score (nSPS) is 17.7. The third-order valence-corrected chi connectivity index (χ3v) is 7.33. The quantitative estimate of drug-likeness (QED) is 0.466. The topological polar surface area (TPSA) is 49.4 Å². The number of hydrogen-bond donors (Lipinski definition) is 1. The SMILES string of the molecule is O=C(NCCc1ccc(Cl)cc1Cl)C1CSC(c2ccc(F)cc2)N1C(=O)c1ccccc1. The van der Waals surface area contributed by atoms with Crippen molar-refractivity contribution in [1.29, 1.82) is 0 Å². The Bertz CT molecular complexity index is 1140. The van der Waals surface area contributed by atoms with Crippen LogP contribution in [0.4, 0.5) is 4.39 Å². The van der Waals surface area contributed by atoms with Crippen LogP contribution in [0.3, 0.4) is 0 Å². The Morgan fingerprint density at radius 3 is 2.45 bits per heavy atom. The highest BCUT2D eigenvalue weighted by Gasteiger charge is 2.42. The third-order valence-electron chi connectivity index (χ3n) is 5.42. The lowest BCUT2D eigenvalue weighted by atomic mass is 10.1. The second-order valence-electron chi connectivity index (χ2n) is 7.61. The molecule has 0 radical (unpaired) electrons. The van der Waals surface area contributed by atoms with Gasteiger partial charge in [0.25, 0.3) is 5.91 Å². The number of rotatable bonds is 6. The predicted molar refractivity (Wildman–Crippen MR) is 131 cm³/mol. The second kappa shape index (κ2) is 10.6. The van der Waals surface area contributed by atoms with Gasteiger partial charge in [-0.3, -0.25) is 9.59 Å². The zero-order chi connectivity index (χ0) is 23.4. The highest BCUT2D eigenvalue weighted by atomic mass is 35.5. The lowest BCUT2D eigenvalue weighted by Crippen LogP contribution is -2.48. The summed E-state index contributed by atoms with van der Waals surface area (Å²) in [6, 6.07) is 19.5. The van der Waals surface area contributed by atoms with Crippen molar-refractivity contribution >= 4 is 46.8 Å². The highest BCUT2D eigenvalue weighted by Crippen LogP contribution is 2.42. The molecule has 0 spiro atoms. The number of hydrogen-bond acceptors (Lipinski definition) is 3. The number of halogens is 3. The summed E-state index contributed by atoms with van der Waals surface area (Å²) in [5.41, 5.74) is 2.15. The van der Waals surface area contributed by atoms with E-state index < -0.39 is 6.04 Å². The summed E-state index contributed by atoms with van der Waals surface area (Å²) in [5.74, 6) is -0.385. The van der Waals surface area contributed by atoms with Gasteiger partial charge in [0.05, 0.1) is 0 Å². The second-order valence-corrected chi connectivity index (χ2v) is 9.57. The average molecular weight is 503 g/mol. The van der Waals surface area contributed by atoms with Gasteiger partial charge in [0.15, 0.2) is 0 Å². The van der Waals surface area contributed by atoms with Crippen molar-refractivity contribution in [3.8, 4) is 0 Å². The zero-order valence-corrected chi connectivity index (χ0v) is 19.8. The van der Waals surface area contributed by atoms with Gasteiger partial charge in [0, 0.05) is 27.9 Å². The Balaban J connectivity index is 1.51. The Labute approximate surface area is 206 Å². The van der Waals surface area contributed by atoms with E-state index in [4.69, 9.17) is 23.2 Å². The minimum Gasteiger partial charge on any atom is -0.354 e. The van der Waals surface area contributed by atoms with Crippen molar-refractivity contribution in [2.75, 3.05) is 12.3 Å². The van der Waals surface area contributed by atoms with Gasteiger partial charge in [-0.2, -0.15) is 0 Å². The molecule has 1 aliphatic heterocycles. The molecule has 3 aromatic rings. The molecule has 2 amide bonds. The van der Waals surface area contributed by atoms with Crippen LogP contribution in [0.5, 0.6) is 0 Å². The van der Waals surface area contributed by atoms with Gasteiger partial charge in [0.2, 0.25) is 5.91 Å². The van der Waals surface area contributed by atoms with E-state index in [1.165, 1.54) is 23.9 Å². The van der Waals surface area contributed by atoms with Crippen LogP contribution < -0.4 is 5.32 Å². The molecule has 0 bridgehead atoms. The molecule has 0 aromatic heterocycles. The van der Waals surface area contributed by atoms with E-state index in [0.29, 0.717) is 34.3 Å². The van der Waals surface area contributed by atoms with E-state index in [2.05, 4.69) is 5.32 Å². The number of carbonyl (C=O) groups is 2. The van der Waals surface area contributed by atoms with E-state index >= 15 is 0 Å². The lowest BCUT2D eigenvalue weighted by Gasteiger charge is -2.29. The maximum Gasteiger partial charge on any atom is 0.255 e. The molecule has 1 saturated heterocycles. The molecular weight excluding hydrogens is 482 g/mol. The first-order chi connectivity index (χ1) is 15.9. The first-order valence-corrected chi connectivity index (χ1v) is 12.2. The Morgan fingerprint density at radius 2 is 1.76 bits per heavy atom. The number of nitrogens with one attached hydrogen (secondary N) is 1. The van der Waals surface area contributed by atoms with Crippen LogP contribution in [0, 0.1) is 5.82 Å². The fourth-order valence-electron chi connectivity index (χ4n) is 3.73. The van der Waals surface area contributed by atoms with Crippen molar-refractivity contribution in [2.45, 2.75) is 17.8 Å². The van der Waals surface area contributed by atoms with Gasteiger partial charge in [0.1, 0.15) is 17.2 Å². The smallest absolute Gasteiger partial charge is 0.255 e. The highest BCUT2D eigenvalue weighted by molar-refractivity contribution is 7.99. The van der Waals surface area contributed by atoms with Crippen molar-refractivity contribution in [2.24, 2.45) is 0 Å². The molecule has 170 valence electrons. The summed E-state index contributed by atoms with van der Waals surface area (Å²) in [6.07, 6.45) is 0.537. The van der Waals surface area contributed by atoms with E-state index in [1.54, 1.807) is 53.4 Å². The van der Waals surface area contributed by atoms with Crippen LogP contribution in [0.15, 0.2) is 72.8 Å². The first kappa shape index (κ1) is 23.6. The van der Waals surface area contributed by atoms with Crippen molar-refractivity contribution in [3.05, 3.63) is 105 Å². The fourth-order valence-corrected chi connectivity index (χ4v) is 5.67. The fraction of sp³-hybridized carbons (Fsp3) is 0.200. The van der Waals surface area contributed by atoms with Crippen LogP contribution in [0.1, 0.15) is 26.9 Å². The molecule has 0 saturated carbocycles. The zero-order valence-electron chi connectivity index (χ0n) is 17.5. The Hall–Kier alpha value is -2.54. The Kier molecular flexibility index (Phi) is 7.58. The van der Waals surface area contributed by atoms with Gasteiger partial charge in [-0.25, -0.2) is 4.39 Å². The molecule has 1 heterocycles. The molecule has 1 fully saturated rings. The molecule has 33 heavy (non-hydrogen) atoms. The molecule has 4 rings (SSSR count). The van der Waals surface area contributed by atoms with Crippen molar-refractivity contribution in [3.63, 3.8) is 0 Å². The summed E-state index contributed by atoms with van der Waals surface area (Å²) in [7, 11) is 0. The first-order valence-electron chi connectivity index (χ1n) is 10.4. The molecule has 8 heteroatoms. The van der Waals surface area contributed by atoms with E-state index in [-0.39, 0.29) is 23.0 Å². The Morgan fingerprint density at radius 1 is 1.03 bits per heavy atom. The maximum absolute atomic E-state index is 13.5. The van der Waals surface area contributed by atoms with Crippen molar-refractivity contribution in [1.82, 2.24) is 10.2 Å². The van der Waals surface area contributed by atoms with Gasteiger partial charge in [-0.05, 0) is 53.9 Å². The summed E-state index contributed by atoms with van der Waals surface area (Å²) >= 11 is 13.7. The maximum atomic E-state index is 13.5. The van der Waals surface area contributed by atoms with Gasteiger partial charge < -0.3 is 10.2 Å². The van der Waals surface area contributed by atoms with Gasteiger partial charge in [-0.15, -0.1) is 11.8 Å². The minimum absolute atomic E-state index is 0.235. The summed E-state index contributed by atoms with van der Waals surface area (Å²) in [5, 5.41) is 3.65. The number of thioether (sulfide) groups is 1. The number of nitrogens with zero attached hydrogens (tertiary/aromatic N) is 1. The molecule has 0 aliphatic carbocycles. The van der Waals surface area contributed by atoms with Crippen LogP contribution in [0.25, 0.3) is 0 Å². The lowest BCUT2D eigenvalue weighted by molar-refractivity contribution is -0.124. The van der Waals surface area contributed by atoms with Crippen LogP contribution in [-0.2, 0) is 11.2 Å². The van der Waals surface area contributed by atoms with E-state index in [0.717, 1.165) is 11.1 Å². The van der Waals surface area contributed by atoms with E-state index in [9.17, 15) is 14.0 Å². The number of benzene rings is 3. The monoisotopic (exact) mass is 502 g/mol. The standard InChI is InChI=1S/C25H21Cl2FN2O2S/c26-19-9-6-16(21(27)14-19)12-13-29-23(31)22-15-33-25(18-7-10-20(28)11-8-18)30(22)24(32)17-4-2-1-3-5-17/h1-11,14,22,25H,12-13,15H2,(H,29,31). The van der Waals surface area contributed by atoms with Crippen LogP contribution in [0.2, 0.25) is 10.0 Å². The third kappa shape index (κ3) is 5.52. The summed E-state index contributed by atoms with van der Waals surface area (Å²) < 4.78 is 13.5. The molecule has 1 N–H and O–H groups in total. The minimum atomic E-state index is -0.654. The molecular formula is C25H21Cl2FN2O2S. The number of amides is 2. The molecule has 4 nitrogen and oxygen atoms in total. The predicted octanol–water partition coefficient (Wildman–Crippen LogP) is 5.75. The van der Waals surface area contributed by atoms with E-state index in [1.807, 2.05) is 12.1 Å². The van der Waals surface area contributed by atoms with Crippen LogP contribution >= 0.6 is 35.0 Å². The van der Waals surface area contributed by atoms with Crippen LogP contribution in [-0.4, -0.2) is 35.1 Å². The summed E-state index contributed by atoms with van der Waals surface area (Å²) in [6.45, 7) is 0.371. The molecule has 2 unspecified atom stereocenters. The molecule has 2 atom stereocenters. The van der Waals surface area contributed by atoms with Gasteiger partial charge in [-0.1, -0.05) is 59.6 Å². The summed E-state index contributed by atoms with van der Waals surface area (Å²) in [4.78, 5) is 28.1. The average Bonchev–Trinajstić information content (AvgIpc) is 3.26. The molecule has 1 aliphatic rings. The molecule has 3 aromatic carbocycles. The van der Waals surface area contributed by atoms with Gasteiger partial charge >= 0.3 is 0 Å². The number of carbonyl (C=O) groups excluding carboxylic acids is 2.